The minimum Gasteiger partial charge on any atom is -0.493 e. The van der Waals surface area contributed by atoms with Crippen LogP contribution in [0.2, 0.25) is 0 Å². The second-order valence-electron chi connectivity index (χ2n) is 8.38. The van der Waals surface area contributed by atoms with Crippen molar-refractivity contribution < 1.29 is 50.1 Å². The zero-order chi connectivity index (χ0) is 26.3. The number of nitrogens with zero attached hydrogens (tertiary/aromatic N) is 2. The quantitative estimate of drug-likeness (QED) is 0.539. The van der Waals surface area contributed by atoms with Crippen molar-refractivity contribution >= 4 is 5.91 Å². The van der Waals surface area contributed by atoms with Gasteiger partial charge in [-0.05, 0) is 37.3 Å². The first-order valence-corrected chi connectivity index (χ1v) is 10.9. The van der Waals surface area contributed by atoms with Gasteiger partial charge in [0, 0.05) is 18.5 Å². The van der Waals surface area contributed by atoms with E-state index in [9.17, 15) is 31.1 Å². The highest BCUT2D eigenvalue weighted by molar-refractivity contribution is 5.95. The molecule has 2 saturated heterocycles. The molecule has 13 heteroatoms. The molecule has 4 rings (SSSR count). The fraction of sp³-hybridized carbons (Fsp3) is 0.478. The first-order valence-electron chi connectivity index (χ1n) is 10.9. The van der Waals surface area contributed by atoms with Gasteiger partial charge in [-0.2, -0.15) is 26.3 Å². The summed E-state index contributed by atoms with van der Waals surface area (Å²) in [6, 6.07) is 7.32. The van der Waals surface area contributed by atoms with E-state index in [2.05, 4.69) is 4.98 Å². The molecule has 2 aliphatic heterocycles. The van der Waals surface area contributed by atoms with E-state index in [1.54, 1.807) is 0 Å². The molecule has 0 N–H and O–H groups in total. The monoisotopic (exact) mass is 520 g/mol. The van der Waals surface area contributed by atoms with Crippen molar-refractivity contribution in [3.63, 3.8) is 0 Å². The molecular weight excluding hydrogens is 498 g/mol. The number of carbonyl (C=O) groups is 1. The van der Waals surface area contributed by atoms with Crippen LogP contribution in [0.25, 0.3) is 0 Å². The van der Waals surface area contributed by atoms with Gasteiger partial charge in [0.05, 0.1) is 19.3 Å². The van der Waals surface area contributed by atoms with Crippen LogP contribution in [0.3, 0.4) is 0 Å². The van der Waals surface area contributed by atoms with Gasteiger partial charge in [-0.1, -0.05) is 6.07 Å². The fourth-order valence-electron chi connectivity index (χ4n) is 4.19. The molecule has 0 spiro atoms. The Morgan fingerprint density at radius 2 is 1.92 bits per heavy atom. The summed E-state index contributed by atoms with van der Waals surface area (Å²) >= 11 is 0. The first-order chi connectivity index (χ1) is 16.8. The molecule has 2 fully saturated rings. The van der Waals surface area contributed by atoms with Gasteiger partial charge in [0.25, 0.3) is 5.91 Å². The Morgan fingerprint density at radius 1 is 1.17 bits per heavy atom. The van der Waals surface area contributed by atoms with Crippen LogP contribution < -0.4 is 9.47 Å². The Balaban J connectivity index is 1.53. The van der Waals surface area contributed by atoms with Gasteiger partial charge in [0.2, 0.25) is 0 Å². The van der Waals surface area contributed by atoms with Gasteiger partial charge in [-0.25, -0.2) is 4.98 Å². The number of fused-ring (bicyclic) bond motifs is 1. The molecule has 7 nitrogen and oxygen atoms in total. The molecule has 0 saturated carbocycles. The number of methoxy groups -OCH3 is 1. The number of aromatic nitrogens is 1. The predicted octanol–water partition coefficient (Wildman–Crippen LogP) is 4.55. The van der Waals surface area contributed by atoms with Crippen LogP contribution in [0, 0.1) is 0 Å². The average molecular weight is 520 g/mol. The van der Waals surface area contributed by atoms with Gasteiger partial charge in [0.15, 0.2) is 17.6 Å². The largest absolute Gasteiger partial charge is 0.493 e. The molecule has 2 unspecified atom stereocenters. The topological polar surface area (TPSA) is 70.1 Å². The third-order valence-corrected chi connectivity index (χ3v) is 6.18. The summed E-state index contributed by atoms with van der Waals surface area (Å²) in [6.07, 6.45) is -12.0. The maximum absolute atomic E-state index is 13.2. The highest BCUT2D eigenvalue weighted by atomic mass is 19.4. The standard InChI is InChI=1S/C23H22F6N2O5/c1-13(22(24,25)26)36-15-7-6-14(10-16(15)33-2)20(32)31-9-8-21(19(11-31)34-12-35-21)17-4-3-5-18(30-17)23(27,28)29/h3-7,10,13,19H,8-9,11-12H2,1-2H3/t13?,19?,21-/m1/s1. The molecule has 3 heterocycles. The van der Waals surface area contributed by atoms with Crippen molar-refractivity contribution in [2.24, 2.45) is 0 Å². The lowest BCUT2D eigenvalue weighted by atomic mass is 9.84. The van der Waals surface area contributed by atoms with Gasteiger partial charge >= 0.3 is 12.4 Å². The van der Waals surface area contributed by atoms with Crippen LogP contribution in [-0.2, 0) is 21.3 Å². The van der Waals surface area contributed by atoms with E-state index in [4.69, 9.17) is 18.9 Å². The molecular formula is C23H22F6N2O5. The highest BCUT2D eigenvalue weighted by Crippen LogP contribution is 2.43. The molecule has 0 radical (unpaired) electrons. The third-order valence-electron chi connectivity index (χ3n) is 6.18. The van der Waals surface area contributed by atoms with Gasteiger partial charge in [0.1, 0.15) is 24.2 Å². The maximum Gasteiger partial charge on any atom is 0.433 e. The molecule has 196 valence electrons. The summed E-state index contributed by atoms with van der Waals surface area (Å²) < 4.78 is 99.5. The highest BCUT2D eigenvalue weighted by Gasteiger charge is 2.53. The van der Waals surface area contributed by atoms with Gasteiger partial charge in [-0.3, -0.25) is 4.79 Å². The Labute approximate surface area is 201 Å². The number of amides is 1. The number of hydrogen-bond donors (Lipinski definition) is 0. The SMILES string of the molecule is COc1cc(C(=O)N2CC[C@]3(c4cccc(C(F)(F)F)n4)OCOC3C2)ccc1OC(C)C(F)(F)F. The molecule has 0 bridgehead atoms. The van der Waals surface area contributed by atoms with E-state index >= 15 is 0 Å². The van der Waals surface area contributed by atoms with Gasteiger partial charge < -0.3 is 23.8 Å². The summed E-state index contributed by atoms with van der Waals surface area (Å²) in [7, 11) is 1.23. The summed E-state index contributed by atoms with van der Waals surface area (Å²) in [5.41, 5.74) is -2.12. The van der Waals surface area contributed by atoms with Crippen LogP contribution in [-0.4, -0.2) is 61.2 Å². The molecule has 2 aromatic rings. The van der Waals surface area contributed by atoms with Crippen LogP contribution in [0.4, 0.5) is 26.3 Å². The van der Waals surface area contributed by atoms with Crippen molar-refractivity contribution in [2.75, 3.05) is 27.0 Å². The smallest absolute Gasteiger partial charge is 0.433 e. The van der Waals surface area contributed by atoms with E-state index in [0.29, 0.717) is 0 Å². The normalized spacial score (nSPS) is 23.2. The Kier molecular flexibility index (Phi) is 6.82. The molecule has 2 aliphatic rings. The molecule has 1 aromatic heterocycles. The summed E-state index contributed by atoms with van der Waals surface area (Å²) in [5, 5.41) is 0. The zero-order valence-electron chi connectivity index (χ0n) is 19.2. The summed E-state index contributed by atoms with van der Waals surface area (Å²) in [4.78, 5) is 18.4. The third kappa shape index (κ3) is 4.94. The van der Waals surface area contributed by atoms with Crippen molar-refractivity contribution in [3.8, 4) is 11.5 Å². The number of benzene rings is 1. The van der Waals surface area contributed by atoms with E-state index in [1.165, 1.54) is 42.3 Å². The maximum atomic E-state index is 13.2. The number of halogens is 6. The Hall–Kier alpha value is -3.06. The average Bonchev–Trinajstić information content (AvgIpc) is 3.27. The van der Waals surface area contributed by atoms with Crippen molar-refractivity contribution in [3.05, 3.63) is 53.3 Å². The lowest BCUT2D eigenvalue weighted by Crippen LogP contribution is -2.54. The molecule has 1 aromatic carbocycles. The summed E-state index contributed by atoms with van der Waals surface area (Å²) in [5.74, 6) is -0.707. The van der Waals surface area contributed by atoms with Crippen LogP contribution in [0.5, 0.6) is 11.5 Å². The van der Waals surface area contributed by atoms with Crippen molar-refractivity contribution in [2.45, 2.75) is 43.5 Å². The van der Waals surface area contributed by atoms with Crippen LogP contribution >= 0.6 is 0 Å². The minimum absolute atomic E-state index is 0.00241. The number of carbonyl (C=O) groups excluding carboxylic acids is 1. The van der Waals surface area contributed by atoms with Crippen molar-refractivity contribution in [1.29, 1.82) is 0 Å². The fourth-order valence-corrected chi connectivity index (χ4v) is 4.19. The Bertz CT molecular complexity index is 1120. The van der Waals surface area contributed by atoms with E-state index < -0.39 is 41.8 Å². The van der Waals surface area contributed by atoms with E-state index in [0.717, 1.165) is 13.0 Å². The van der Waals surface area contributed by atoms with E-state index in [-0.39, 0.29) is 49.1 Å². The molecule has 3 atom stereocenters. The minimum atomic E-state index is -4.63. The van der Waals surface area contributed by atoms with Crippen LogP contribution in [0.15, 0.2) is 36.4 Å². The summed E-state index contributed by atoms with van der Waals surface area (Å²) in [6.45, 7) is 0.786. The lowest BCUT2D eigenvalue weighted by molar-refractivity contribution is -0.189. The second-order valence-corrected chi connectivity index (χ2v) is 8.38. The number of hydrogen-bond acceptors (Lipinski definition) is 6. The van der Waals surface area contributed by atoms with Gasteiger partial charge in [-0.15, -0.1) is 0 Å². The first kappa shape index (κ1) is 26.0. The number of ether oxygens (including phenoxy) is 4. The lowest BCUT2D eigenvalue weighted by Gasteiger charge is -2.41. The van der Waals surface area contributed by atoms with E-state index in [1.807, 2.05) is 0 Å². The predicted molar refractivity (Wildman–Crippen MR) is 111 cm³/mol. The molecule has 1 amide bonds. The number of likely N-dealkylation sites (tertiary alicyclic amines) is 1. The second kappa shape index (κ2) is 9.43. The number of alkyl halides is 6. The molecule has 0 aliphatic carbocycles. The number of piperidine rings is 1. The zero-order valence-corrected chi connectivity index (χ0v) is 19.2. The number of pyridine rings is 1. The molecule has 36 heavy (non-hydrogen) atoms. The van der Waals surface area contributed by atoms with Crippen molar-refractivity contribution in [1.82, 2.24) is 9.88 Å². The number of rotatable bonds is 5. The van der Waals surface area contributed by atoms with Crippen LogP contribution in [0.1, 0.15) is 35.1 Å². The Morgan fingerprint density at radius 3 is 2.58 bits per heavy atom.